The van der Waals surface area contributed by atoms with Crippen molar-refractivity contribution in [1.29, 1.82) is 0 Å². The van der Waals surface area contributed by atoms with Gasteiger partial charge in [-0.2, -0.15) is 0 Å². The van der Waals surface area contributed by atoms with Crippen LogP contribution >= 0.6 is 0 Å². The predicted molar refractivity (Wildman–Crippen MR) is 129 cm³/mol. The Balaban J connectivity index is 1.42. The molecule has 2 saturated carbocycles. The first kappa shape index (κ1) is 23.6. The van der Waals surface area contributed by atoms with Crippen LogP contribution in [-0.4, -0.2) is 6.29 Å². The minimum Gasteiger partial charge on any atom is -0.303 e. The van der Waals surface area contributed by atoms with Crippen LogP contribution in [0.25, 0.3) is 0 Å². The van der Waals surface area contributed by atoms with Gasteiger partial charge in [-0.25, -0.2) is 0 Å². The number of hydrogen-bond acceptors (Lipinski definition) is 1. The van der Waals surface area contributed by atoms with Gasteiger partial charge in [-0.1, -0.05) is 95.9 Å². The van der Waals surface area contributed by atoms with Crippen molar-refractivity contribution in [3.63, 3.8) is 0 Å². The molecule has 1 aromatic carbocycles. The van der Waals surface area contributed by atoms with Gasteiger partial charge in [-0.15, -0.1) is 0 Å². The average molecular weight is 411 g/mol. The number of unbranched alkanes of at least 4 members (excludes halogenated alkanes) is 2. The van der Waals surface area contributed by atoms with E-state index in [0.29, 0.717) is 5.92 Å². The van der Waals surface area contributed by atoms with Crippen LogP contribution in [-0.2, 0) is 11.2 Å². The van der Waals surface area contributed by atoms with E-state index in [1.807, 2.05) is 0 Å². The largest absolute Gasteiger partial charge is 0.303 e. The third-order valence-electron chi connectivity index (χ3n) is 8.47. The van der Waals surface area contributed by atoms with Crippen molar-refractivity contribution in [2.75, 3.05) is 0 Å². The van der Waals surface area contributed by atoms with Gasteiger partial charge in [-0.05, 0) is 73.8 Å². The van der Waals surface area contributed by atoms with E-state index in [1.165, 1.54) is 101 Å². The average Bonchev–Trinajstić information content (AvgIpc) is 2.80. The summed E-state index contributed by atoms with van der Waals surface area (Å²) in [5.74, 6) is 2.64. The van der Waals surface area contributed by atoms with E-state index in [-0.39, 0.29) is 5.41 Å². The molecule has 1 aromatic rings. The zero-order chi connectivity index (χ0) is 21.2. The lowest BCUT2D eigenvalue weighted by atomic mass is 9.67. The van der Waals surface area contributed by atoms with Crippen LogP contribution in [0.5, 0.6) is 0 Å². The molecule has 2 fully saturated rings. The first-order valence-electron chi connectivity index (χ1n) is 13.2. The van der Waals surface area contributed by atoms with Crippen molar-refractivity contribution in [2.24, 2.45) is 17.3 Å². The number of hydrogen-bond donors (Lipinski definition) is 0. The second-order valence-corrected chi connectivity index (χ2v) is 10.7. The number of carbonyl (C=O) groups excluding carboxylic acids is 1. The summed E-state index contributed by atoms with van der Waals surface area (Å²) in [4.78, 5) is 11.8. The maximum atomic E-state index is 11.8. The predicted octanol–water partition coefficient (Wildman–Crippen LogP) is 8.65. The third kappa shape index (κ3) is 6.69. The summed E-state index contributed by atoms with van der Waals surface area (Å²) < 4.78 is 0. The minimum atomic E-state index is -0.0122. The number of aryl methyl sites for hydroxylation is 1. The molecule has 1 nitrogen and oxygen atoms in total. The van der Waals surface area contributed by atoms with Gasteiger partial charge in [0.15, 0.2) is 0 Å². The molecule has 0 N–H and O–H groups in total. The highest BCUT2D eigenvalue weighted by Gasteiger charge is 2.35. The lowest BCUT2D eigenvalue weighted by Gasteiger charge is -2.36. The van der Waals surface area contributed by atoms with Crippen LogP contribution in [0.15, 0.2) is 24.3 Å². The van der Waals surface area contributed by atoms with Crippen molar-refractivity contribution >= 4 is 6.29 Å². The third-order valence-corrected chi connectivity index (χ3v) is 8.47. The lowest BCUT2D eigenvalue weighted by molar-refractivity contribution is -0.118. The van der Waals surface area contributed by atoms with E-state index < -0.39 is 0 Å². The summed E-state index contributed by atoms with van der Waals surface area (Å²) in [6.07, 6.45) is 22.0. The highest BCUT2D eigenvalue weighted by atomic mass is 16.1. The molecular weight excluding hydrogens is 364 g/mol. The van der Waals surface area contributed by atoms with Crippen molar-refractivity contribution in [1.82, 2.24) is 0 Å². The lowest BCUT2D eigenvalue weighted by Crippen LogP contribution is -2.28. The monoisotopic (exact) mass is 410 g/mol. The van der Waals surface area contributed by atoms with Crippen molar-refractivity contribution in [3.8, 4) is 0 Å². The van der Waals surface area contributed by atoms with Gasteiger partial charge in [0.05, 0.1) is 0 Å². The van der Waals surface area contributed by atoms with Gasteiger partial charge in [0, 0.05) is 5.41 Å². The fourth-order valence-corrected chi connectivity index (χ4v) is 6.22. The van der Waals surface area contributed by atoms with Gasteiger partial charge in [0.2, 0.25) is 0 Å². The van der Waals surface area contributed by atoms with Crippen LogP contribution in [0.1, 0.15) is 127 Å². The zero-order valence-corrected chi connectivity index (χ0v) is 19.8. The Morgan fingerprint density at radius 2 is 1.47 bits per heavy atom. The van der Waals surface area contributed by atoms with Crippen LogP contribution in [0.4, 0.5) is 0 Å². The molecule has 0 saturated heterocycles. The molecule has 1 heteroatoms. The molecule has 0 spiro atoms. The molecule has 2 aliphatic carbocycles. The molecule has 168 valence electrons. The molecule has 0 aliphatic heterocycles. The summed E-state index contributed by atoms with van der Waals surface area (Å²) >= 11 is 0. The van der Waals surface area contributed by atoms with E-state index >= 15 is 0 Å². The fraction of sp³-hybridized carbons (Fsp3) is 0.759. The maximum absolute atomic E-state index is 11.8. The maximum Gasteiger partial charge on any atom is 0.126 e. The van der Waals surface area contributed by atoms with E-state index in [9.17, 15) is 4.79 Å². The Morgan fingerprint density at radius 3 is 2.03 bits per heavy atom. The Bertz CT molecular complexity index is 600. The quantitative estimate of drug-likeness (QED) is 0.263. The molecule has 0 amide bonds. The van der Waals surface area contributed by atoms with E-state index in [1.54, 1.807) is 0 Å². The van der Waals surface area contributed by atoms with Gasteiger partial charge >= 0.3 is 0 Å². The standard InChI is InChI=1S/C29H46O/c1-3-5-6-20-29(23-30)21-18-28(19-22-29)27-16-14-26(15-17-27)13-12-25-10-8-24(7-4-2)9-11-25/h14-17,23-25,28H,3-13,18-22H2,1-2H3/t24-,25-,28?,29?. The molecule has 0 atom stereocenters. The molecule has 0 aromatic heterocycles. The van der Waals surface area contributed by atoms with Crippen molar-refractivity contribution in [3.05, 3.63) is 35.4 Å². The van der Waals surface area contributed by atoms with Crippen LogP contribution in [0, 0.1) is 17.3 Å². The van der Waals surface area contributed by atoms with Gasteiger partial charge in [0.25, 0.3) is 0 Å². The Kier molecular flexibility index (Phi) is 9.47. The zero-order valence-electron chi connectivity index (χ0n) is 19.8. The van der Waals surface area contributed by atoms with Gasteiger partial charge < -0.3 is 4.79 Å². The summed E-state index contributed by atoms with van der Waals surface area (Å²) in [7, 11) is 0. The first-order valence-corrected chi connectivity index (χ1v) is 13.2. The molecule has 0 heterocycles. The second kappa shape index (κ2) is 12.1. The van der Waals surface area contributed by atoms with Gasteiger partial charge in [-0.3, -0.25) is 0 Å². The molecule has 0 bridgehead atoms. The second-order valence-electron chi connectivity index (χ2n) is 10.7. The Hall–Kier alpha value is -1.11. The SMILES string of the molecule is CCCCCC1(C=O)CCC(c2ccc(CC[C@H]3CC[C@H](CCC)CC3)cc2)CC1. The van der Waals surface area contributed by atoms with Crippen LogP contribution in [0.2, 0.25) is 0 Å². The normalized spacial score (nSPS) is 29.6. The highest BCUT2D eigenvalue weighted by molar-refractivity contribution is 5.59. The smallest absolute Gasteiger partial charge is 0.126 e. The Morgan fingerprint density at radius 1 is 0.833 bits per heavy atom. The summed E-state index contributed by atoms with van der Waals surface area (Å²) in [5.41, 5.74) is 3.01. The molecule has 30 heavy (non-hydrogen) atoms. The number of carbonyl (C=O) groups is 1. The summed E-state index contributed by atoms with van der Waals surface area (Å²) in [6.45, 7) is 4.57. The molecule has 0 radical (unpaired) electrons. The number of rotatable bonds is 11. The summed E-state index contributed by atoms with van der Waals surface area (Å²) in [5, 5.41) is 0. The minimum absolute atomic E-state index is 0.0122. The fourth-order valence-electron chi connectivity index (χ4n) is 6.22. The highest BCUT2D eigenvalue weighted by Crippen LogP contribution is 2.45. The Labute approximate surface area is 186 Å². The van der Waals surface area contributed by atoms with E-state index in [2.05, 4.69) is 38.1 Å². The first-order chi connectivity index (χ1) is 14.7. The van der Waals surface area contributed by atoms with E-state index in [4.69, 9.17) is 0 Å². The van der Waals surface area contributed by atoms with Crippen LogP contribution in [0.3, 0.4) is 0 Å². The number of aldehydes is 1. The molecular formula is C29H46O. The van der Waals surface area contributed by atoms with Gasteiger partial charge in [0.1, 0.15) is 6.29 Å². The number of benzene rings is 1. The van der Waals surface area contributed by atoms with Crippen LogP contribution < -0.4 is 0 Å². The molecule has 2 aliphatic rings. The van der Waals surface area contributed by atoms with Crippen molar-refractivity contribution < 1.29 is 4.79 Å². The van der Waals surface area contributed by atoms with Crippen molar-refractivity contribution in [2.45, 2.75) is 122 Å². The van der Waals surface area contributed by atoms with E-state index in [0.717, 1.165) is 31.1 Å². The molecule has 3 rings (SSSR count). The summed E-state index contributed by atoms with van der Waals surface area (Å²) in [6, 6.07) is 9.56. The topological polar surface area (TPSA) is 17.1 Å². The molecule has 0 unspecified atom stereocenters.